The van der Waals surface area contributed by atoms with Gasteiger partial charge in [0, 0.05) is 296 Å². The molecule has 0 amide bonds. The SMILES string of the molecule is [AlH3].[As].[B].[BaH2].[BeH2].[Cd].[Co].[Cr].[Fe].[GaH3].[Ge].[Hg].[InH3].[Mn].[PbH2].[S].[Sb].[Se].[SnH2].[Te].[TlH].[U].[V]. The van der Waals surface area contributed by atoms with Gasteiger partial charge in [-0.2, -0.15) is 0 Å². The number of hydrogen-bond donors (Lipinski definition) is 0. The van der Waals surface area contributed by atoms with Crippen molar-refractivity contribution >= 4 is 323 Å². The molecule has 0 atom stereocenters. The largest absolute Gasteiger partial charge is 0 e. The zero-order chi connectivity index (χ0) is 0. The monoisotopic (exact) mass is 2260 g/mol. The van der Waals surface area contributed by atoms with Crippen molar-refractivity contribution in [1.29, 1.82) is 0 Å². The van der Waals surface area contributed by atoms with Crippen LogP contribution in [0.2, 0.25) is 0 Å². The molecule has 0 aromatic rings. The number of hydrogen-bond acceptors (Lipinski definition) is 0. The van der Waals surface area contributed by atoms with Gasteiger partial charge in [0.05, 0.1) is 0 Å². The second-order valence-electron chi connectivity index (χ2n) is 0. The van der Waals surface area contributed by atoms with Crippen molar-refractivity contribution in [3.05, 3.63) is 0 Å². The van der Waals surface area contributed by atoms with E-state index in [0.717, 1.165) is 0 Å². The van der Waals surface area contributed by atoms with E-state index in [2.05, 4.69) is 0 Å². The summed E-state index contributed by atoms with van der Waals surface area (Å²) in [6.07, 6.45) is 0. The predicted octanol–water partition coefficient (Wildman–Crippen LogP) is -9.52. The van der Waals surface area contributed by atoms with E-state index in [1.807, 2.05) is 0 Å². The maximum atomic E-state index is 0. The second kappa shape index (κ2) is 207. The Bertz CT molecular complexity index is 104. The molecule has 0 aliphatic carbocycles. The minimum absolute atomic E-state index is 0. The van der Waals surface area contributed by atoms with Gasteiger partial charge >= 0.3 is 183 Å². The van der Waals surface area contributed by atoms with Crippen LogP contribution in [-0.4, -0.2) is 310 Å². The molecule has 0 spiro atoms. The average Bonchev–Trinajstić information content (AvgIpc) is 0. The molecule has 0 aliphatic rings. The Balaban J connectivity index is 0. The molecule has 0 saturated heterocycles. The van der Waals surface area contributed by atoms with E-state index < -0.39 is 0 Å². The van der Waals surface area contributed by atoms with Crippen LogP contribution in [0.4, 0.5) is 0 Å². The van der Waals surface area contributed by atoms with Gasteiger partial charge in [0.15, 0.2) is 17.4 Å². The van der Waals surface area contributed by atoms with Crippen LogP contribution in [-0.2, 0) is 142 Å². The minimum Gasteiger partial charge on any atom is 0 e. The van der Waals surface area contributed by atoms with E-state index in [-0.39, 0.29) is 496 Å². The molecule has 23 heavy (non-hydrogen) atoms. The molecule has 120 valence electrons. The molecule has 0 rings (SSSR count). The minimum atomic E-state index is 0. The zero-order valence-electron chi connectivity index (χ0n) is 9.15. The van der Waals surface area contributed by atoms with Gasteiger partial charge in [-0.05, 0) is 0 Å². The average molecular weight is 2250 g/mol. The van der Waals surface area contributed by atoms with Crippen LogP contribution in [0.25, 0.3) is 0 Å². The van der Waals surface area contributed by atoms with Crippen LogP contribution in [0.1, 0.15) is 0 Å². The van der Waals surface area contributed by atoms with E-state index >= 15 is 0 Å². The van der Waals surface area contributed by atoms with E-state index in [4.69, 9.17) is 0 Å². The quantitative estimate of drug-likeness (QED) is 0.212. The van der Waals surface area contributed by atoms with Crippen LogP contribution in [0, 0.1) is 31.1 Å². The molecule has 0 aliphatic heterocycles. The molecule has 0 fully saturated rings. The van der Waals surface area contributed by atoms with Crippen LogP contribution in [0.5, 0.6) is 0 Å². The zero-order valence-corrected chi connectivity index (χ0v) is 55.3. The van der Waals surface area contributed by atoms with Gasteiger partial charge in [0.2, 0.25) is 0 Å². The maximum Gasteiger partial charge on any atom is 0 e. The molecule has 0 nitrogen and oxygen atoms in total. The van der Waals surface area contributed by atoms with Crippen molar-refractivity contribution in [2.45, 2.75) is 0 Å². The summed E-state index contributed by atoms with van der Waals surface area (Å²) in [6.45, 7) is 0. The first kappa shape index (κ1) is 224. The molecule has 0 N–H and O–H groups in total. The summed E-state index contributed by atoms with van der Waals surface area (Å²) < 4.78 is 0. The van der Waals surface area contributed by atoms with Gasteiger partial charge in [0.25, 0.3) is 0 Å². The Kier molecular flexibility index (Phi) is 2010. The predicted molar refractivity (Wildman–Crippen MR) is 113 cm³/mol. The topological polar surface area (TPSA) is 0 Å². The van der Waals surface area contributed by atoms with E-state index in [9.17, 15) is 0 Å². The normalized spacial score (nSPS) is 0. The fraction of sp³-hybridized carbons (Fsp3) is 0. The molecule has 0 aromatic carbocycles. The molecular weight excluding hydrogens is 2230 g/mol. The third kappa shape index (κ3) is 195. The van der Waals surface area contributed by atoms with Crippen molar-refractivity contribution in [2.75, 3.05) is 0 Å². The molecule has 23 heteroatoms. The van der Waals surface area contributed by atoms with E-state index in [1.165, 1.54) is 0 Å². The van der Waals surface area contributed by atoms with Gasteiger partial charge < -0.3 is 0 Å². The molecule has 27 radical (unpaired) electrons. The smallest absolute Gasteiger partial charge is 0 e. The van der Waals surface area contributed by atoms with Crippen LogP contribution >= 0.6 is 13.5 Å². The van der Waals surface area contributed by atoms with Gasteiger partial charge in [-0.1, -0.05) is 0 Å². The Morgan fingerprint density at radius 3 is 1.00 bits per heavy atom. The fourth-order valence-electron chi connectivity index (χ4n) is 0. The molecule has 0 unspecified atom stereocenters. The van der Waals surface area contributed by atoms with Crippen LogP contribution < -0.4 is 0 Å². The summed E-state index contributed by atoms with van der Waals surface area (Å²) in [7, 11) is 0. The Labute approximate surface area is 481 Å². The first-order valence-corrected chi connectivity index (χ1v) is 0. The summed E-state index contributed by atoms with van der Waals surface area (Å²) in [5.74, 6) is 0. The molecule has 0 aromatic heterocycles. The summed E-state index contributed by atoms with van der Waals surface area (Å²) in [6, 6.07) is 0. The van der Waals surface area contributed by atoms with Gasteiger partial charge in [-0.3, -0.25) is 0 Å². The van der Waals surface area contributed by atoms with Crippen molar-refractivity contribution < 1.29 is 173 Å². The van der Waals surface area contributed by atoms with Crippen LogP contribution in [0.3, 0.4) is 0 Å². The summed E-state index contributed by atoms with van der Waals surface area (Å²) in [5.41, 5.74) is 0. The van der Waals surface area contributed by atoms with Crippen molar-refractivity contribution in [3.63, 3.8) is 0 Å². The summed E-state index contributed by atoms with van der Waals surface area (Å²) in [4.78, 5) is 0. The van der Waals surface area contributed by atoms with Crippen molar-refractivity contribution in [3.8, 4) is 0 Å². The molecule has 0 saturated carbocycles. The first-order valence-electron chi connectivity index (χ1n) is 0. The Morgan fingerprint density at radius 2 is 1.00 bits per heavy atom. The molecule has 0 bridgehead atoms. The van der Waals surface area contributed by atoms with Gasteiger partial charge in [0.1, 0.15) is 0 Å². The second-order valence-corrected chi connectivity index (χ2v) is 0. The number of rotatable bonds is 0. The van der Waals surface area contributed by atoms with E-state index in [0.29, 0.717) is 0 Å². The summed E-state index contributed by atoms with van der Waals surface area (Å²) >= 11 is 0. The third-order valence-corrected chi connectivity index (χ3v) is 0. The fourth-order valence-corrected chi connectivity index (χ4v) is 0. The Morgan fingerprint density at radius 1 is 1.00 bits per heavy atom. The molecular formula is H18AlAsBBaBeCdCoCrFeGaGeHgInMnPbSSbSeSnTeTlUV. The van der Waals surface area contributed by atoms with Crippen molar-refractivity contribution in [2.24, 2.45) is 0 Å². The Hall–Kier alpha value is 15.6. The van der Waals surface area contributed by atoms with Crippen LogP contribution in [0.15, 0.2) is 0 Å². The summed E-state index contributed by atoms with van der Waals surface area (Å²) in [5, 5.41) is 0. The van der Waals surface area contributed by atoms with Crippen molar-refractivity contribution in [1.82, 2.24) is 0 Å². The first-order chi connectivity index (χ1) is 0. The maximum absolute atomic E-state index is 0. The van der Waals surface area contributed by atoms with E-state index in [1.54, 1.807) is 0 Å². The molecule has 0 heterocycles. The standard InChI is InChI=1S/Al.As.B.Ba.Be.Cd.Co.Cr.Fe.Ga.Ge.Hg.In.Mn.Pb.S.Sb.Se.Sn.Te.Tl.U.V.18H. The van der Waals surface area contributed by atoms with Gasteiger partial charge in [-0.25, -0.2) is 0 Å². The third-order valence-electron chi connectivity index (χ3n) is 0. The van der Waals surface area contributed by atoms with Gasteiger partial charge in [-0.15, -0.1) is 0 Å².